The molecule has 1 saturated carbocycles. The topological polar surface area (TPSA) is 50.4 Å². The molecule has 0 bridgehead atoms. The molecule has 2 aromatic carbocycles. The van der Waals surface area contributed by atoms with E-state index in [1.165, 1.54) is 0 Å². The molecule has 0 heterocycles. The Morgan fingerprint density at radius 3 is 2.44 bits per heavy atom. The summed E-state index contributed by atoms with van der Waals surface area (Å²) in [5.41, 5.74) is 2.20. The van der Waals surface area contributed by atoms with E-state index in [1.807, 2.05) is 30.3 Å². The Kier molecular flexibility index (Phi) is 6.75. The number of methoxy groups -OCH3 is 1. The van der Waals surface area contributed by atoms with E-state index in [-0.39, 0.29) is 18.0 Å². The van der Waals surface area contributed by atoms with Crippen LogP contribution in [-0.4, -0.2) is 25.1 Å². The van der Waals surface area contributed by atoms with E-state index < -0.39 is 0 Å². The molecule has 5 heteroatoms. The zero-order chi connectivity index (χ0) is 19.2. The van der Waals surface area contributed by atoms with Crippen molar-refractivity contribution >= 4 is 17.5 Å². The fraction of sp³-hybridized carbons (Fsp3) is 0.409. The molecule has 144 valence electrons. The maximum atomic E-state index is 11.3. The molecule has 1 unspecified atom stereocenters. The lowest BCUT2D eigenvalue weighted by Gasteiger charge is -2.33. The first-order valence-corrected chi connectivity index (χ1v) is 9.86. The van der Waals surface area contributed by atoms with Crippen molar-refractivity contribution in [3.63, 3.8) is 0 Å². The van der Waals surface area contributed by atoms with Gasteiger partial charge in [0.05, 0.1) is 13.2 Å². The highest BCUT2D eigenvalue weighted by Gasteiger charge is 2.26. The number of hydrogen-bond acceptors (Lipinski definition) is 3. The molecule has 0 aromatic heterocycles. The molecule has 0 aliphatic heterocycles. The van der Waals surface area contributed by atoms with Gasteiger partial charge in [-0.2, -0.15) is 0 Å². The smallest absolute Gasteiger partial charge is 0.217 e. The van der Waals surface area contributed by atoms with Crippen LogP contribution in [0, 0.1) is 0 Å². The van der Waals surface area contributed by atoms with Crippen LogP contribution in [0.5, 0.6) is 5.75 Å². The van der Waals surface area contributed by atoms with E-state index in [1.54, 1.807) is 14.0 Å². The van der Waals surface area contributed by atoms with Crippen molar-refractivity contribution in [1.82, 2.24) is 10.6 Å². The molecule has 1 aliphatic carbocycles. The molecule has 3 rings (SSSR count). The maximum Gasteiger partial charge on any atom is 0.217 e. The van der Waals surface area contributed by atoms with Crippen LogP contribution in [0.4, 0.5) is 0 Å². The minimum absolute atomic E-state index is 0.00360. The van der Waals surface area contributed by atoms with Gasteiger partial charge in [0.2, 0.25) is 5.91 Å². The third-order valence-corrected chi connectivity index (χ3v) is 5.52. The van der Waals surface area contributed by atoms with Crippen LogP contribution in [0.2, 0.25) is 5.02 Å². The number of carbonyl (C=O) groups is 1. The molecular weight excluding hydrogens is 360 g/mol. The highest BCUT2D eigenvalue weighted by Crippen LogP contribution is 2.32. The minimum atomic E-state index is -0.00360. The zero-order valence-electron chi connectivity index (χ0n) is 15.9. The highest BCUT2D eigenvalue weighted by atomic mass is 35.5. The summed E-state index contributed by atoms with van der Waals surface area (Å²) < 4.78 is 5.41. The summed E-state index contributed by atoms with van der Waals surface area (Å²) in [6.07, 6.45) is 4.03. The molecule has 1 atom stereocenters. The number of carbonyl (C=O) groups excluding carboxylic acids is 1. The summed E-state index contributed by atoms with van der Waals surface area (Å²) >= 11 is 6.52. The predicted molar refractivity (Wildman–Crippen MR) is 109 cm³/mol. The van der Waals surface area contributed by atoms with Gasteiger partial charge in [-0.25, -0.2) is 0 Å². The van der Waals surface area contributed by atoms with Gasteiger partial charge in [0, 0.05) is 24.0 Å². The highest BCUT2D eigenvalue weighted by molar-refractivity contribution is 6.31. The average molecular weight is 387 g/mol. The quantitative estimate of drug-likeness (QED) is 0.769. The third-order valence-electron chi connectivity index (χ3n) is 5.18. The number of ether oxygens (including phenoxy) is 1. The normalized spacial score (nSPS) is 20.7. The van der Waals surface area contributed by atoms with Crippen molar-refractivity contribution in [2.45, 2.75) is 50.7 Å². The molecule has 1 fully saturated rings. The summed E-state index contributed by atoms with van der Waals surface area (Å²) in [5.74, 6) is 0.887. The molecule has 0 saturated heterocycles. The van der Waals surface area contributed by atoms with E-state index in [9.17, 15) is 4.79 Å². The van der Waals surface area contributed by atoms with Crippen LogP contribution < -0.4 is 15.4 Å². The van der Waals surface area contributed by atoms with Gasteiger partial charge in [-0.3, -0.25) is 4.79 Å². The lowest BCUT2D eigenvalue weighted by molar-refractivity contribution is -0.119. The summed E-state index contributed by atoms with van der Waals surface area (Å²) in [4.78, 5) is 11.3. The second-order valence-electron chi connectivity index (χ2n) is 7.15. The standard InChI is InChI=1S/C22H27ClN2O2/c1-15(26)24-17-10-12-18(13-11-17)25-22(20-8-3-4-9-21(20)23)16-6-5-7-19(14-16)27-2/h3-9,14,17-18,22,25H,10-13H2,1-2H3,(H,24,26). The molecule has 2 N–H and O–H groups in total. The minimum Gasteiger partial charge on any atom is -0.497 e. The second kappa shape index (κ2) is 9.25. The number of rotatable bonds is 6. The van der Waals surface area contributed by atoms with E-state index in [4.69, 9.17) is 16.3 Å². The first kappa shape index (κ1) is 19.7. The van der Waals surface area contributed by atoms with Gasteiger partial charge >= 0.3 is 0 Å². The molecule has 2 aromatic rings. The first-order valence-electron chi connectivity index (χ1n) is 9.48. The molecule has 0 spiro atoms. The molecule has 0 radical (unpaired) electrons. The Balaban J connectivity index is 1.79. The predicted octanol–water partition coefficient (Wildman–Crippen LogP) is 4.47. The van der Waals surface area contributed by atoms with Crippen LogP contribution in [0.25, 0.3) is 0 Å². The average Bonchev–Trinajstić information content (AvgIpc) is 2.68. The van der Waals surface area contributed by atoms with Crippen LogP contribution in [-0.2, 0) is 4.79 Å². The molecule has 1 aliphatic rings. The van der Waals surface area contributed by atoms with Crippen molar-refractivity contribution < 1.29 is 9.53 Å². The van der Waals surface area contributed by atoms with E-state index in [2.05, 4.69) is 28.8 Å². The van der Waals surface area contributed by atoms with Crippen LogP contribution >= 0.6 is 11.6 Å². The Labute approximate surface area is 166 Å². The van der Waals surface area contributed by atoms with Crippen molar-refractivity contribution in [3.05, 3.63) is 64.7 Å². The van der Waals surface area contributed by atoms with Crippen molar-refractivity contribution in [2.75, 3.05) is 7.11 Å². The number of nitrogens with one attached hydrogen (secondary N) is 2. The van der Waals surface area contributed by atoms with Crippen LogP contribution in [0.1, 0.15) is 49.8 Å². The van der Waals surface area contributed by atoms with Gasteiger partial charge in [-0.15, -0.1) is 0 Å². The third kappa shape index (κ3) is 5.24. The molecule has 4 nitrogen and oxygen atoms in total. The molecular formula is C22H27ClN2O2. The van der Waals surface area contributed by atoms with E-state index in [0.29, 0.717) is 6.04 Å². The van der Waals surface area contributed by atoms with Crippen molar-refractivity contribution in [3.8, 4) is 5.75 Å². The number of amides is 1. The first-order chi connectivity index (χ1) is 13.1. The zero-order valence-corrected chi connectivity index (χ0v) is 16.6. The molecule has 1 amide bonds. The summed E-state index contributed by atoms with van der Waals surface area (Å²) in [7, 11) is 1.68. The van der Waals surface area contributed by atoms with Gasteiger partial charge in [0.25, 0.3) is 0 Å². The lowest BCUT2D eigenvalue weighted by Crippen LogP contribution is -2.42. The van der Waals surface area contributed by atoms with Gasteiger partial charge < -0.3 is 15.4 Å². The van der Waals surface area contributed by atoms with Crippen molar-refractivity contribution in [1.29, 1.82) is 0 Å². The van der Waals surface area contributed by atoms with Crippen LogP contribution in [0.15, 0.2) is 48.5 Å². The van der Waals surface area contributed by atoms with Gasteiger partial charge in [-0.05, 0) is 55.0 Å². The number of halogens is 1. The molecule has 27 heavy (non-hydrogen) atoms. The van der Waals surface area contributed by atoms with Crippen molar-refractivity contribution in [2.24, 2.45) is 0 Å². The maximum absolute atomic E-state index is 11.3. The summed E-state index contributed by atoms with van der Waals surface area (Å²) in [6.45, 7) is 1.58. The van der Waals surface area contributed by atoms with E-state index >= 15 is 0 Å². The Bertz CT molecular complexity index is 772. The summed E-state index contributed by atoms with van der Waals surface area (Å²) in [6, 6.07) is 16.8. The number of benzene rings is 2. The monoisotopic (exact) mass is 386 g/mol. The van der Waals surface area contributed by atoms with Crippen LogP contribution in [0.3, 0.4) is 0 Å². The fourth-order valence-electron chi connectivity index (χ4n) is 3.82. The van der Waals surface area contributed by atoms with Gasteiger partial charge in [0.1, 0.15) is 5.75 Å². The summed E-state index contributed by atoms with van der Waals surface area (Å²) in [5, 5.41) is 7.60. The largest absolute Gasteiger partial charge is 0.497 e. The second-order valence-corrected chi connectivity index (χ2v) is 7.55. The van der Waals surface area contributed by atoms with E-state index in [0.717, 1.165) is 47.6 Å². The Hall–Kier alpha value is -2.04. The van der Waals surface area contributed by atoms with Gasteiger partial charge in [-0.1, -0.05) is 41.9 Å². The lowest BCUT2D eigenvalue weighted by atomic mass is 9.89. The SMILES string of the molecule is COc1cccc(C(NC2CCC(NC(C)=O)CC2)c2ccccc2Cl)c1. The fourth-order valence-corrected chi connectivity index (χ4v) is 4.07. The van der Waals surface area contributed by atoms with Gasteiger partial charge in [0.15, 0.2) is 0 Å². The Morgan fingerprint density at radius 1 is 1.07 bits per heavy atom. The Morgan fingerprint density at radius 2 is 1.78 bits per heavy atom. The number of hydrogen-bond donors (Lipinski definition) is 2.